The summed E-state index contributed by atoms with van der Waals surface area (Å²) in [5.41, 5.74) is 5.18. The van der Waals surface area contributed by atoms with E-state index in [2.05, 4.69) is 15.3 Å². The number of anilines is 1. The summed E-state index contributed by atoms with van der Waals surface area (Å²) >= 11 is 1.32. The summed E-state index contributed by atoms with van der Waals surface area (Å²) in [6, 6.07) is 14.4. The van der Waals surface area contributed by atoms with Gasteiger partial charge in [-0.15, -0.1) is 11.3 Å². The van der Waals surface area contributed by atoms with Crippen molar-refractivity contribution in [2.45, 2.75) is 25.2 Å². The lowest BCUT2D eigenvalue weighted by atomic mass is 9.99. The maximum Gasteiger partial charge on any atom is 0.242 e. The van der Waals surface area contributed by atoms with Crippen LogP contribution in [0.1, 0.15) is 16.8 Å². The highest BCUT2D eigenvalue weighted by Gasteiger charge is 2.18. The van der Waals surface area contributed by atoms with E-state index in [4.69, 9.17) is 0 Å². The van der Waals surface area contributed by atoms with Crippen molar-refractivity contribution >= 4 is 43.3 Å². The number of sulfonamides is 1. The number of benzene rings is 2. The van der Waals surface area contributed by atoms with E-state index in [1.165, 1.54) is 29.7 Å². The second-order valence-corrected chi connectivity index (χ2v) is 10.9. The van der Waals surface area contributed by atoms with Crippen LogP contribution in [0.4, 0.5) is 5.13 Å². The van der Waals surface area contributed by atoms with Gasteiger partial charge >= 0.3 is 0 Å². The molecule has 0 aliphatic rings. The molecule has 2 aromatic heterocycles. The van der Waals surface area contributed by atoms with E-state index in [0.29, 0.717) is 10.8 Å². The Morgan fingerprint density at radius 2 is 1.73 bits per heavy atom. The van der Waals surface area contributed by atoms with E-state index in [-0.39, 0.29) is 17.2 Å². The highest BCUT2D eigenvalue weighted by Crippen LogP contribution is 2.27. The molecule has 0 unspecified atom stereocenters. The van der Waals surface area contributed by atoms with Crippen LogP contribution in [-0.2, 0) is 21.2 Å². The molecular weight excluding hydrogens is 456 g/mol. The zero-order chi connectivity index (χ0) is 23.8. The van der Waals surface area contributed by atoms with Gasteiger partial charge in [-0.3, -0.25) is 9.78 Å². The number of aromatic nitrogens is 2. The van der Waals surface area contributed by atoms with Crippen LogP contribution in [0.25, 0.3) is 22.2 Å². The molecule has 170 valence electrons. The highest BCUT2D eigenvalue weighted by atomic mass is 32.2. The number of pyridine rings is 1. The molecule has 4 aromatic rings. The number of rotatable bonds is 6. The van der Waals surface area contributed by atoms with Crippen molar-refractivity contribution in [3.8, 4) is 11.3 Å². The van der Waals surface area contributed by atoms with Crippen molar-refractivity contribution in [1.82, 2.24) is 14.3 Å². The van der Waals surface area contributed by atoms with E-state index in [1.54, 1.807) is 24.3 Å². The van der Waals surface area contributed by atoms with Gasteiger partial charge in [0.2, 0.25) is 15.9 Å². The van der Waals surface area contributed by atoms with E-state index in [1.807, 2.05) is 43.5 Å². The largest absolute Gasteiger partial charge is 0.302 e. The van der Waals surface area contributed by atoms with Gasteiger partial charge in [0, 0.05) is 36.1 Å². The highest BCUT2D eigenvalue weighted by molar-refractivity contribution is 7.89. The SMILES string of the molecule is Cc1nc2ccccc2c(C)c1CC(=O)Nc1nc(-c2ccc(S(=O)(=O)N(C)C)cc2)cs1. The van der Waals surface area contributed by atoms with Crippen LogP contribution >= 0.6 is 11.3 Å². The van der Waals surface area contributed by atoms with Crippen molar-refractivity contribution in [3.63, 3.8) is 0 Å². The second-order valence-electron chi connectivity index (χ2n) is 7.89. The number of carbonyl (C=O) groups is 1. The van der Waals surface area contributed by atoms with Gasteiger partial charge in [0.1, 0.15) is 0 Å². The molecule has 0 aliphatic heterocycles. The predicted octanol–water partition coefficient (Wildman–Crippen LogP) is 4.41. The maximum atomic E-state index is 12.7. The van der Waals surface area contributed by atoms with Gasteiger partial charge in [0.15, 0.2) is 5.13 Å². The molecule has 0 atom stereocenters. The molecule has 0 saturated carbocycles. The van der Waals surface area contributed by atoms with E-state index < -0.39 is 10.0 Å². The normalized spacial score (nSPS) is 11.8. The van der Waals surface area contributed by atoms with Crippen LogP contribution in [-0.4, -0.2) is 42.7 Å². The summed E-state index contributed by atoms with van der Waals surface area (Å²) in [5.74, 6) is -0.161. The molecular formula is C24H24N4O3S2. The molecule has 4 rings (SSSR count). The number of aryl methyl sites for hydroxylation is 2. The fourth-order valence-electron chi connectivity index (χ4n) is 3.63. The zero-order valence-electron chi connectivity index (χ0n) is 18.8. The minimum atomic E-state index is -3.48. The molecule has 2 aromatic carbocycles. The molecule has 1 amide bonds. The minimum absolute atomic E-state index is 0.161. The molecule has 0 aliphatic carbocycles. The van der Waals surface area contributed by atoms with Crippen molar-refractivity contribution < 1.29 is 13.2 Å². The number of amides is 1. The van der Waals surface area contributed by atoms with Crippen LogP contribution in [0.3, 0.4) is 0 Å². The number of hydrogen-bond donors (Lipinski definition) is 1. The van der Waals surface area contributed by atoms with Crippen molar-refractivity contribution in [3.05, 3.63) is 70.7 Å². The number of para-hydroxylation sites is 1. The Bertz CT molecular complexity index is 1440. The number of nitrogens with one attached hydrogen (secondary N) is 1. The zero-order valence-corrected chi connectivity index (χ0v) is 20.4. The summed E-state index contributed by atoms with van der Waals surface area (Å²) in [4.78, 5) is 22.1. The Kier molecular flexibility index (Phi) is 6.29. The number of thiazole rings is 1. The second kappa shape index (κ2) is 9.01. The fraction of sp³-hybridized carbons (Fsp3) is 0.208. The third kappa shape index (κ3) is 4.66. The number of hydrogen-bond acceptors (Lipinski definition) is 6. The summed E-state index contributed by atoms with van der Waals surface area (Å²) in [7, 11) is -0.493. The Balaban J connectivity index is 1.49. The average molecular weight is 481 g/mol. The van der Waals surface area contributed by atoms with Gasteiger partial charge in [-0.25, -0.2) is 17.7 Å². The predicted molar refractivity (Wildman–Crippen MR) is 132 cm³/mol. The molecule has 0 fully saturated rings. The van der Waals surface area contributed by atoms with Crippen molar-refractivity contribution in [2.24, 2.45) is 0 Å². The monoisotopic (exact) mass is 480 g/mol. The Morgan fingerprint density at radius 3 is 2.42 bits per heavy atom. The van der Waals surface area contributed by atoms with Gasteiger partial charge in [0.25, 0.3) is 0 Å². The molecule has 7 nitrogen and oxygen atoms in total. The molecule has 9 heteroatoms. The first-order valence-corrected chi connectivity index (χ1v) is 12.6. The van der Waals surface area contributed by atoms with Gasteiger partial charge in [-0.2, -0.15) is 0 Å². The van der Waals surface area contributed by atoms with Crippen molar-refractivity contribution in [2.75, 3.05) is 19.4 Å². The molecule has 0 saturated heterocycles. The van der Waals surface area contributed by atoms with Gasteiger partial charge in [0.05, 0.1) is 22.5 Å². The molecule has 0 bridgehead atoms. The van der Waals surface area contributed by atoms with Crippen LogP contribution in [0, 0.1) is 13.8 Å². The van der Waals surface area contributed by atoms with E-state index in [0.717, 1.165) is 33.3 Å². The number of carbonyl (C=O) groups excluding carboxylic acids is 1. The van der Waals surface area contributed by atoms with Crippen LogP contribution in [0.2, 0.25) is 0 Å². The number of fused-ring (bicyclic) bond motifs is 1. The Labute approximate surface area is 197 Å². The minimum Gasteiger partial charge on any atom is -0.302 e. The summed E-state index contributed by atoms with van der Waals surface area (Å²) in [6.45, 7) is 3.94. The van der Waals surface area contributed by atoms with Crippen LogP contribution < -0.4 is 5.32 Å². The van der Waals surface area contributed by atoms with E-state index >= 15 is 0 Å². The quantitative estimate of drug-likeness (QED) is 0.441. The molecule has 2 heterocycles. The third-order valence-corrected chi connectivity index (χ3v) is 8.09. The first-order valence-electron chi connectivity index (χ1n) is 10.3. The number of nitrogens with zero attached hydrogens (tertiary/aromatic N) is 3. The fourth-order valence-corrected chi connectivity index (χ4v) is 5.26. The third-order valence-electron chi connectivity index (χ3n) is 5.50. The lowest BCUT2D eigenvalue weighted by Crippen LogP contribution is -2.22. The van der Waals surface area contributed by atoms with Crippen LogP contribution in [0.5, 0.6) is 0 Å². The molecule has 0 radical (unpaired) electrons. The van der Waals surface area contributed by atoms with Gasteiger partial charge in [-0.1, -0.05) is 30.3 Å². The molecule has 0 spiro atoms. The maximum absolute atomic E-state index is 12.7. The smallest absolute Gasteiger partial charge is 0.242 e. The summed E-state index contributed by atoms with van der Waals surface area (Å²) in [5, 5.41) is 6.24. The molecule has 33 heavy (non-hydrogen) atoms. The van der Waals surface area contributed by atoms with E-state index in [9.17, 15) is 13.2 Å². The van der Waals surface area contributed by atoms with Crippen molar-refractivity contribution in [1.29, 1.82) is 0 Å². The lowest BCUT2D eigenvalue weighted by molar-refractivity contribution is -0.115. The lowest BCUT2D eigenvalue weighted by Gasteiger charge is -2.12. The molecule has 1 N–H and O–H groups in total. The van der Waals surface area contributed by atoms with Gasteiger partial charge < -0.3 is 5.32 Å². The van der Waals surface area contributed by atoms with Gasteiger partial charge in [-0.05, 0) is 43.2 Å². The summed E-state index contributed by atoms with van der Waals surface area (Å²) < 4.78 is 25.6. The first-order chi connectivity index (χ1) is 15.7. The standard InChI is InChI=1S/C24H24N4O3S2/c1-15-19-7-5-6-8-21(19)25-16(2)20(15)13-23(29)27-24-26-22(14-32-24)17-9-11-18(12-10-17)33(30,31)28(3)4/h5-12,14H,13H2,1-4H3,(H,26,27,29). The van der Waals surface area contributed by atoms with Crippen LogP contribution in [0.15, 0.2) is 58.8 Å². The Hall–Kier alpha value is -3.14. The average Bonchev–Trinajstić information content (AvgIpc) is 3.25. The topological polar surface area (TPSA) is 92.3 Å². The summed E-state index contributed by atoms with van der Waals surface area (Å²) in [6.07, 6.45) is 0.210. The first kappa shape index (κ1) is 23.0. The Morgan fingerprint density at radius 1 is 1.03 bits per heavy atom.